The van der Waals surface area contributed by atoms with Crippen molar-refractivity contribution in [2.45, 2.75) is 33.6 Å². The minimum Gasteiger partial charge on any atom is -0.478 e. The summed E-state index contributed by atoms with van der Waals surface area (Å²) in [4.78, 5) is 9.99. The highest BCUT2D eigenvalue weighted by Gasteiger charge is 1.99. The second kappa shape index (κ2) is 11.2. The van der Waals surface area contributed by atoms with Gasteiger partial charge in [0, 0.05) is 5.57 Å². The standard InChI is InChI=1S/C6H10O2.C4H11N/c1-3-4-5(2)6(7)8;1-3-5-4-2/h2-4H2,1H3,(H,7,8);5H,3-4H2,1-2H3. The summed E-state index contributed by atoms with van der Waals surface area (Å²) >= 11 is 0. The highest BCUT2D eigenvalue weighted by atomic mass is 16.4. The van der Waals surface area contributed by atoms with Crippen LogP contribution in [-0.4, -0.2) is 24.2 Å². The SMILES string of the molecule is C=C(CCC)C(=O)O.CCNCC. The van der Waals surface area contributed by atoms with Crippen molar-refractivity contribution in [2.75, 3.05) is 13.1 Å². The molecule has 0 unspecified atom stereocenters. The number of hydrogen-bond donors (Lipinski definition) is 2. The molecule has 0 aromatic rings. The average molecular weight is 187 g/mol. The molecule has 0 atom stereocenters. The van der Waals surface area contributed by atoms with E-state index in [0.29, 0.717) is 12.0 Å². The van der Waals surface area contributed by atoms with Crippen molar-refractivity contribution in [3.63, 3.8) is 0 Å². The summed E-state index contributed by atoms with van der Waals surface area (Å²) in [6, 6.07) is 0. The molecule has 0 aliphatic heterocycles. The largest absolute Gasteiger partial charge is 0.478 e. The van der Waals surface area contributed by atoms with Crippen molar-refractivity contribution in [1.82, 2.24) is 5.32 Å². The lowest BCUT2D eigenvalue weighted by Gasteiger charge is -1.92. The van der Waals surface area contributed by atoms with E-state index in [1.807, 2.05) is 6.92 Å². The number of nitrogens with one attached hydrogen (secondary N) is 1. The topological polar surface area (TPSA) is 49.3 Å². The molecule has 0 radical (unpaired) electrons. The maximum absolute atomic E-state index is 9.99. The van der Waals surface area contributed by atoms with E-state index in [9.17, 15) is 4.79 Å². The Morgan fingerprint density at radius 1 is 1.31 bits per heavy atom. The summed E-state index contributed by atoms with van der Waals surface area (Å²) in [5.74, 6) is -0.883. The van der Waals surface area contributed by atoms with E-state index < -0.39 is 5.97 Å². The Labute approximate surface area is 80.8 Å². The minimum atomic E-state index is -0.883. The van der Waals surface area contributed by atoms with Gasteiger partial charge in [-0.2, -0.15) is 0 Å². The number of carboxylic acid groups (broad SMARTS) is 1. The summed E-state index contributed by atoms with van der Waals surface area (Å²) in [7, 11) is 0. The summed E-state index contributed by atoms with van der Waals surface area (Å²) < 4.78 is 0. The third-order valence-corrected chi connectivity index (χ3v) is 1.35. The van der Waals surface area contributed by atoms with Gasteiger partial charge in [0.2, 0.25) is 0 Å². The maximum Gasteiger partial charge on any atom is 0.330 e. The van der Waals surface area contributed by atoms with Gasteiger partial charge < -0.3 is 10.4 Å². The number of aliphatic carboxylic acids is 1. The van der Waals surface area contributed by atoms with E-state index in [4.69, 9.17) is 5.11 Å². The molecule has 0 rings (SSSR count). The van der Waals surface area contributed by atoms with Gasteiger partial charge in [-0.3, -0.25) is 0 Å². The number of carboxylic acids is 1. The smallest absolute Gasteiger partial charge is 0.330 e. The number of carbonyl (C=O) groups is 1. The quantitative estimate of drug-likeness (QED) is 0.647. The van der Waals surface area contributed by atoms with E-state index >= 15 is 0 Å². The Bertz CT molecular complexity index is 142. The Kier molecular flexibility index (Phi) is 12.6. The zero-order valence-corrected chi connectivity index (χ0v) is 8.89. The highest BCUT2D eigenvalue weighted by molar-refractivity contribution is 5.85. The molecule has 0 bridgehead atoms. The summed E-state index contributed by atoms with van der Waals surface area (Å²) in [6.07, 6.45) is 1.44. The van der Waals surface area contributed by atoms with Crippen LogP contribution in [-0.2, 0) is 4.79 Å². The molecule has 0 aromatic carbocycles. The Hall–Kier alpha value is -0.830. The molecule has 0 aliphatic rings. The second-order valence-corrected chi connectivity index (χ2v) is 2.62. The molecule has 0 saturated carbocycles. The van der Waals surface area contributed by atoms with Crippen LogP contribution in [0.4, 0.5) is 0 Å². The van der Waals surface area contributed by atoms with Crippen molar-refractivity contribution < 1.29 is 9.90 Å². The first kappa shape index (κ1) is 14.7. The predicted molar refractivity (Wildman–Crippen MR) is 55.9 cm³/mol. The lowest BCUT2D eigenvalue weighted by Crippen LogP contribution is -2.09. The first-order chi connectivity index (χ1) is 6.09. The second-order valence-electron chi connectivity index (χ2n) is 2.62. The van der Waals surface area contributed by atoms with Crippen LogP contribution in [0.3, 0.4) is 0 Å². The van der Waals surface area contributed by atoms with Gasteiger partial charge in [-0.15, -0.1) is 0 Å². The predicted octanol–water partition coefficient (Wildman–Crippen LogP) is 2.04. The van der Waals surface area contributed by atoms with Crippen molar-refractivity contribution in [1.29, 1.82) is 0 Å². The lowest BCUT2D eigenvalue weighted by molar-refractivity contribution is -0.132. The minimum absolute atomic E-state index is 0.299. The van der Waals surface area contributed by atoms with E-state index in [0.717, 1.165) is 19.5 Å². The van der Waals surface area contributed by atoms with E-state index in [1.54, 1.807) is 0 Å². The fraction of sp³-hybridized carbons (Fsp3) is 0.700. The number of rotatable bonds is 5. The molecule has 0 aromatic heterocycles. The van der Waals surface area contributed by atoms with Crippen molar-refractivity contribution in [3.05, 3.63) is 12.2 Å². The normalized spacial score (nSPS) is 8.54. The molecule has 0 aliphatic carbocycles. The number of hydrogen-bond acceptors (Lipinski definition) is 2. The molecule has 0 spiro atoms. The summed E-state index contributed by atoms with van der Waals surface area (Å²) in [6.45, 7) is 11.7. The molecule has 0 heterocycles. The Balaban J connectivity index is 0. The van der Waals surface area contributed by atoms with Gasteiger partial charge in [-0.05, 0) is 19.5 Å². The van der Waals surface area contributed by atoms with Crippen LogP contribution in [0.5, 0.6) is 0 Å². The highest BCUT2D eigenvalue weighted by Crippen LogP contribution is 1.99. The first-order valence-electron chi connectivity index (χ1n) is 4.71. The van der Waals surface area contributed by atoms with Gasteiger partial charge in [-0.25, -0.2) is 4.79 Å². The third kappa shape index (κ3) is 14.1. The van der Waals surface area contributed by atoms with Crippen LogP contribution in [0, 0.1) is 0 Å². The third-order valence-electron chi connectivity index (χ3n) is 1.35. The molecule has 0 amide bonds. The molecule has 0 saturated heterocycles. The van der Waals surface area contributed by atoms with Crippen LogP contribution in [0.1, 0.15) is 33.6 Å². The van der Waals surface area contributed by atoms with Crippen molar-refractivity contribution in [3.8, 4) is 0 Å². The molecule has 78 valence electrons. The van der Waals surface area contributed by atoms with Gasteiger partial charge in [-0.1, -0.05) is 33.8 Å². The molecule has 3 nitrogen and oxygen atoms in total. The molecule has 3 heteroatoms. The average Bonchev–Trinajstić information content (AvgIpc) is 2.07. The zero-order valence-electron chi connectivity index (χ0n) is 8.89. The summed E-state index contributed by atoms with van der Waals surface area (Å²) in [5.41, 5.74) is 0.299. The molecule has 2 N–H and O–H groups in total. The molecule has 13 heavy (non-hydrogen) atoms. The lowest BCUT2D eigenvalue weighted by atomic mass is 10.2. The maximum atomic E-state index is 9.99. The van der Waals surface area contributed by atoms with Gasteiger partial charge in [0.25, 0.3) is 0 Å². The Morgan fingerprint density at radius 2 is 1.77 bits per heavy atom. The van der Waals surface area contributed by atoms with Crippen molar-refractivity contribution in [2.24, 2.45) is 0 Å². The van der Waals surface area contributed by atoms with E-state index in [-0.39, 0.29) is 0 Å². The first-order valence-corrected chi connectivity index (χ1v) is 4.71. The van der Waals surface area contributed by atoms with Crippen LogP contribution in [0.2, 0.25) is 0 Å². The van der Waals surface area contributed by atoms with Gasteiger partial charge in [0.05, 0.1) is 0 Å². The van der Waals surface area contributed by atoms with E-state index in [1.165, 1.54) is 0 Å². The Morgan fingerprint density at radius 3 is 1.85 bits per heavy atom. The van der Waals surface area contributed by atoms with Gasteiger partial charge >= 0.3 is 5.97 Å². The van der Waals surface area contributed by atoms with Crippen molar-refractivity contribution >= 4 is 5.97 Å². The molecular weight excluding hydrogens is 166 g/mol. The fourth-order valence-electron chi connectivity index (χ4n) is 0.659. The van der Waals surface area contributed by atoms with Crippen LogP contribution < -0.4 is 5.32 Å². The monoisotopic (exact) mass is 187 g/mol. The zero-order chi connectivity index (χ0) is 10.7. The van der Waals surface area contributed by atoms with Crippen LogP contribution in [0.25, 0.3) is 0 Å². The molecule has 0 fully saturated rings. The fourth-order valence-corrected chi connectivity index (χ4v) is 0.659. The van der Waals surface area contributed by atoms with E-state index in [2.05, 4.69) is 25.7 Å². The van der Waals surface area contributed by atoms with Gasteiger partial charge in [0.1, 0.15) is 0 Å². The molecular formula is C10H21NO2. The van der Waals surface area contributed by atoms with Crippen LogP contribution >= 0.6 is 0 Å². The van der Waals surface area contributed by atoms with Gasteiger partial charge in [0.15, 0.2) is 0 Å². The summed E-state index contributed by atoms with van der Waals surface area (Å²) in [5, 5.41) is 11.3. The van der Waals surface area contributed by atoms with Crippen LogP contribution in [0.15, 0.2) is 12.2 Å².